The second kappa shape index (κ2) is 10.5. The number of carbonyl (C=O) groups excluding carboxylic acids is 2. The van der Waals surface area contributed by atoms with Crippen molar-refractivity contribution in [1.29, 1.82) is 0 Å². The summed E-state index contributed by atoms with van der Waals surface area (Å²) in [7, 11) is 3.00. The molecule has 2 rings (SSSR count). The summed E-state index contributed by atoms with van der Waals surface area (Å²) in [5.41, 5.74) is 0.545. The summed E-state index contributed by atoms with van der Waals surface area (Å²) in [5, 5.41) is 0. The zero-order chi connectivity index (χ0) is 21.4. The molecule has 0 radical (unpaired) electrons. The first kappa shape index (κ1) is 23.0. The van der Waals surface area contributed by atoms with E-state index < -0.39 is 5.60 Å². The molecule has 0 aliphatic carbocycles. The average Bonchev–Trinajstić information content (AvgIpc) is 2.70. The molecular formula is C22H34N2O5. The number of aromatic nitrogens is 1. The largest absolute Gasteiger partial charge is 0.481 e. The quantitative estimate of drug-likeness (QED) is 0.633. The molecule has 162 valence electrons. The Bertz CT molecular complexity index is 661. The second-order valence-electron chi connectivity index (χ2n) is 8.60. The van der Waals surface area contributed by atoms with E-state index in [4.69, 9.17) is 14.2 Å². The molecule has 1 unspecified atom stereocenters. The summed E-state index contributed by atoms with van der Waals surface area (Å²) in [6.45, 7) is 7.07. The Kier molecular flexibility index (Phi) is 8.29. The molecule has 1 aromatic heterocycles. The van der Waals surface area contributed by atoms with Crippen molar-refractivity contribution < 1.29 is 23.8 Å². The summed E-state index contributed by atoms with van der Waals surface area (Å²) in [6, 6.07) is 3.78. The van der Waals surface area contributed by atoms with Gasteiger partial charge < -0.3 is 19.1 Å². The zero-order valence-electron chi connectivity index (χ0n) is 18.3. The fourth-order valence-electron chi connectivity index (χ4n) is 3.59. The molecule has 29 heavy (non-hydrogen) atoms. The molecule has 0 N–H and O–H groups in total. The Morgan fingerprint density at radius 1 is 1.21 bits per heavy atom. The van der Waals surface area contributed by atoms with E-state index in [0.717, 1.165) is 31.2 Å². The van der Waals surface area contributed by atoms with Crippen LogP contribution in [0.5, 0.6) is 5.88 Å². The molecule has 7 nitrogen and oxygen atoms in total. The van der Waals surface area contributed by atoms with Crippen LogP contribution in [0, 0.1) is 5.92 Å². The molecule has 0 spiro atoms. The minimum atomic E-state index is -0.471. The second-order valence-corrected chi connectivity index (χ2v) is 8.60. The number of piperidine rings is 1. The van der Waals surface area contributed by atoms with Crippen LogP contribution in [0.1, 0.15) is 64.4 Å². The molecule has 1 fully saturated rings. The number of hydrogen-bond donors (Lipinski definition) is 0. The number of amides is 1. The number of hydrogen-bond acceptors (Lipinski definition) is 6. The van der Waals surface area contributed by atoms with E-state index in [0.29, 0.717) is 31.3 Å². The summed E-state index contributed by atoms with van der Waals surface area (Å²) in [6.07, 6.45) is 5.65. The average molecular weight is 407 g/mol. The molecule has 1 atom stereocenters. The van der Waals surface area contributed by atoms with Crippen molar-refractivity contribution in [3.63, 3.8) is 0 Å². The molecule has 7 heteroatoms. The number of methoxy groups -OCH3 is 2. The van der Waals surface area contributed by atoms with Crippen LogP contribution >= 0.6 is 0 Å². The molecule has 0 saturated carbocycles. The van der Waals surface area contributed by atoms with Crippen molar-refractivity contribution in [2.45, 2.75) is 64.4 Å². The van der Waals surface area contributed by atoms with E-state index >= 15 is 0 Å². The maximum absolute atomic E-state index is 12.2. The van der Waals surface area contributed by atoms with Crippen molar-refractivity contribution in [3.8, 4) is 5.88 Å². The first-order chi connectivity index (χ1) is 13.7. The van der Waals surface area contributed by atoms with Gasteiger partial charge in [0.05, 0.1) is 20.6 Å². The molecular weight excluding hydrogens is 372 g/mol. The number of nitrogens with zero attached hydrogens (tertiary/aromatic N) is 2. The van der Waals surface area contributed by atoms with E-state index in [-0.39, 0.29) is 18.0 Å². The number of carbonyl (C=O) groups is 2. The van der Waals surface area contributed by atoms with Crippen LogP contribution in [0.2, 0.25) is 0 Å². The monoisotopic (exact) mass is 406 g/mol. The van der Waals surface area contributed by atoms with Crippen LogP contribution in [0.15, 0.2) is 18.3 Å². The van der Waals surface area contributed by atoms with E-state index in [1.165, 1.54) is 7.11 Å². The Balaban J connectivity index is 1.89. The van der Waals surface area contributed by atoms with Crippen LogP contribution in [-0.2, 0) is 14.3 Å². The van der Waals surface area contributed by atoms with Gasteiger partial charge in [0.25, 0.3) is 0 Å². The number of ether oxygens (including phenoxy) is 3. The van der Waals surface area contributed by atoms with Crippen LogP contribution in [0.4, 0.5) is 4.79 Å². The molecule has 1 aliphatic rings. The smallest absolute Gasteiger partial charge is 0.410 e. The maximum Gasteiger partial charge on any atom is 0.410 e. The highest BCUT2D eigenvalue weighted by molar-refractivity contribution is 5.70. The van der Waals surface area contributed by atoms with Crippen LogP contribution in [0.3, 0.4) is 0 Å². The van der Waals surface area contributed by atoms with Gasteiger partial charge in [-0.2, -0.15) is 0 Å². The van der Waals surface area contributed by atoms with E-state index in [9.17, 15) is 9.59 Å². The van der Waals surface area contributed by atoms with Gasteiger partial charge in [0.2, 0.25) is 5.88 Å². The van der Waals surface area contributed by atoms with Crippen molar-refractivity contribution in [2.75, 3.05) is 27.3 Å². The van der Waals surface area contributed by atoms with Crippen molar-refractivity contribution >= 4 is 12.1 Å². The summed E-state index contributed by atoms with van der Waals surface area (Å²) >= 11 is 0. The number of rotatable bonds is 7. The zero-order valence-corrected chi connectivity index (χ0v) is 18.3. The van der Waals surface area contributed by atoms with Crippen molar-refractivity contribution in [1.82, 2.24) is 9.88 Å². The Hall–Kier alpha value is -2.31. The van der Waals surface area contributed by atoms with Gasteiger partial charge in [0.15, 0.2) is 0 Å². The van der Waals surface area contributed by atoms with Crippen LogP contribution in [0.25, 0.3) is 0 Å². The van der Waals surface area contributed by atoms with E-state index in [1.54, 1.807) is 18.2 Å². The molecule has 0 aromatic carbocycles. The highest BCUT2D eigenvalue weighted by Crippen LogP contribution is 2.31. The Morgan fingerprint density at radius 2 is 1.90 bits per heavy atom. The third kappa shape index (κ3) is 7.55. The lowest BCUT2D eigenvalue weighted by molar-refractivity contribution is -0.141. The first-order valence-electron chi connectivity index (χ1n) is 10.3. The van der Waals surface area contributed by atoms with E-state index in [1.807, 2.05) is 32.9 Å². The topological polar surface area (TPSA) is 78.0 Å². The van der Waals surface area contributed by atoms with Gasteiger partial charge in [-0.1, -0.05) is 6.07 Å². The highest BCUT2D eigenvalue weighted by atomic mass is 16.6. The molecule has 0 bridgehead atoms. The van der Waals surface area contributed by atoms with Gasteiger partial charge in [0, 0.05) is 25.4 Å². The molecule has 1 aromatic rings. The van der Waals surface area contributed by atoms with Gasteiger partial charge >= 0.3 is 12.1 Å². The van der Waals surface area contributed by atoms with Gasteiger partial charge in [-0.25, -0.2) is 9.78 Å². The maximum atomic E-state index is 12.2. The lowest BCUT2D eigenvalue weighted by Gasteiger charge is -2.34. The number of likely N-dealkylation sites (tertiary alicyclic amines) is 1. The van der Waals surface area contributed by atoms with Crippen LogP contribution < -0.4 is 4.74 Å². The van der Waals surface area contributed by atoms with Gasteiger partial charge in [-0.3, -0.25) is 4.79 Å². The predicted molar refractivity (Wildman–Crippen MR) is 110 cm³/mol. The first-order valence-corrected chi connectivity index (χ1v) is 10.3. The summed E-state index contributed by atoms with van der Waals surface area (Å²) in [4.78, 5) is 30.2. The van der Waals surface area contributed by atoms with Gasteiger partial charge in [-0.15, -0.1) is 0 Å². The molecule has 1 aliphatic heterocycles. The lowest BCUT2D eigenvalue weighted by Crippen LogP contribution is -2.41. The lowest BCUT2D eigenvalue weighted by atomic mass is 9.85. The molecule has 1 saturated heterocycles. The number of pyridine rings is 1. The SMILES string of the molecule is COC(=O)CC(CCC1CCN(C(=O)OC(C)(C)C)CC1)c1ccc(OC)nc1. The van der Waals surface area contributed by atoms with Crippen molar-refractivity contribution in [3.05, 3.63) is 23.9 Å². The standard InChI is InChI=1S/C22H34N2O5/c1-22(2,3)29-21(26)24-12-10-16(11-13-24)6-7-17(14-20(25)28-5)18-8-9-19(27-4)23-15-18/h8-9,15-17H,6-7,10-14H2,1-5H3. The third-order valence-electron chi connectivity index (χ3n) is 5.27. The fourth-order valence-corrected chi connectivity index (χ4v) is 3.59. The highest BCUT2D eigenvalue weighted by Gasteiger charge is 2.27. The minimum Gasteiger partial charge on any atom is -0.481 e. The Labute approximate surface area is 173 Å². The minimum absolute atomic E-state index is 0.0599. The normalized spacial score (nSPS) is 16.2. The number of esters is 1. The molecule has 1 amide bonds. The van der Waals surface area contributed by atoms with Gasteiger partial charge in [0.1, 0.15) is 5.60 Å². The van der Waals surface area contributed by atoms with Gasteiger partial charge in [-0.05, 0) is 63.9 Å². The van der Waals surface area contributed by atoms with Crippen LogP contribution in [-0.4, -0.2) is 54.9 Å². The Morgan fingerprint density at radius 3 is 2.41 bits per heavy atom. The summed E-state index contributed by atoms with van der Waals surface area (Å²) < 4.78 is 15.5. The van der Waals surface area contributed by atoms with Crippen molar-refractivity contribution in [2.24, 2.45) is 5.92 Å². The fraction of sp³-hybridized carbons (Fsp3) is 0.682. The van der Waals surface area contributed by atoms with E-state index in [2.05, 4.69) is 4.98 Å². The summed E-state index contributed by atoms with van der Waals surface area (Å²) in [5.74, 6) is 0.926. The third-order valence-corrected chi connectivity index (χ3v) is 5.27. The predicted octanol–water partition coefficient (Wildman–Crippen LogP) is 4.16. The molecule has 2 heterocycles.